The highest BCUT2D eigenvalue weighted by Crippen LogP contribution is 2.49. The van der Waals surface area contributed by atoms with Crippen LogP contribution in [0.15, 0.2) is 35.9 Å². The van der Waals surface area contributed by atoms with Gasteiger partial charge in [-0.2, -0.15) is 11.8 Å². The zero-order valence-electron chi connectivity index (χ0n) is 40.4. The number of benzene rings is 1. The molecule has 0 unspecified atom stereocenters. The number of aliphatic hydroxyl groups is 1. The molecule has 0 aliphatic carbocycles. The van der Waals surface area contributed by atoms with Crippen LogP contribution in [-0.4, -0.2) is 154 Å². The maximum absolute atomic E-state index is 14.3. The number of amides is 4. The number of methoxy groups -OCH3 is 2. The Balaban J connectivity index is 1.11. The lowest BCUT2D eigenvalue weighted by molar-refractivity contribution is -0.162. The van der Waals surface area contributed by atoms with Gasteiger partial charge in [-0.3, -0.25) is 19.7 Å². The SMILES string of the molecule is COc1cc2cc(c1Cl)N(C)C(=O)C[C@H](OC(=O)[C@H](C)N(C)C(=O)CCSCC(=O)N1CCC(Cn3nnc(CBr)c3CBr)CC1)[C@]1(C)O[C@H]1[C@H](C)[C@@H]1C[C@@](O)(NC(=O)O1)[C@H](OC)/C=C/C=C(\C)C2. The van der Waals surface area contributed by atoms with E-state index in [4.69, 9.17) is 35.3 Å². The second-order valence-electron chi connectivity index (χ2n) is 18.5. The first kappa shape index (κ1) is 54.6. The van der Waals surface area contributed by atoms with Gasteiger partial charge in [-0.1, -0.05) is 79.4 Å². The van der Waals surface area contributed by atoms with E-state index in [0.29, 0.717) is 53.3 Å². The summed E-state index contributed by atoms with van der Waals surface area (Å²) < 4.78 is 31.4. The first-order valence-electron chi connectivity index (χ1n) is 23.0. The molecule has 4 aliphatic heterocycles. The van der Waals surface area contributed by atoms with Crippen molar-refractivity contribution in [3.63, 3.8) is 0 Å². The summed E-state index contributed by atoms with van der Waals surface area (Å²) in [6.07, 6.45) is 2.48. The number of piperidine rings is 1. The van der Waals surface area contributed by atoms with Crippen LogP contribution in [0.1, 0.15) is 76.8 Å². The minimum atomic E-state index is -1.85. The first-order chi connectivity index (χ1) is 32.8. The number of hydrogen-bond donors (Lipinski definition) is 2. The average Bonchev–Trinajstić information content (AvgIpc) is 3.87. The van der Waals surface area contributed by atoms with Crippen molar-refractivity contribution in [1.29, 1.82) is 0 Å². The molecule has 380 valence electrons. The van der Waals surface area contributed by atoms with E-state index in [9.17, 15) is 29.1 Å². The van der Waals surface area contributed by atoms with Crippen molar-refractivity contribution in [2.45, 2.75) is 125 Å². The van der Waals surface area contributed by atoms with Crippen LogP contribution in [0, 0.1) is 11.8 Å². The first-order valence-corrected chi connectivity index (χ1v) is 26.8. The van der Waals surface area contributed by atoms with Crippen LogP contribution in [0.3, 0.4) is 0 Å². The molecule has 3 fully saturated rings. The summed E-state index contributed by atoms with van der Waals surface area (Å²) >= 11 is 15.2. The van der Waals surface area contributed by atoms with E-state index >= 15 is 0 Å². The number of thioether (sulfide) groups is 1. The normalized spacial score (nSPS) is 28.3. The van der Waals surface area contributed by atoms with Crippen molar-refractivity contribution >= 4 is 90.7 Å². The molecule has 18 nitrogen and oxygen atoms in total. The Labute approximate surface area is 429 Å². The summed E-state index contributed by atoms with van der Waals surface area (Å²) in [4.78, 5) is 72.6. The molecule has 0 saturated carbocycles. The van der Waals surface area contributed by atoms with E-state index in [0.717, 1.165) is 41.9 Å². The third-order valence-electron chi connectivity index (χ3n) is 13.8. The number of rotatable bonds is 14. The summed E-state index contributed by atoms with van der Waals surface area (Å²) in [7, 11) is 5.99. The van der Waals surface area contributed by atoms with Crippen LogP contribution in [0.25, 0.3) is 0 Å². The Morgan fingerprint density at radius 2 is 1.88 bits per heavy atom. The number of halogens is 3. The number of hydrogen-bond acceptors (Lipinski definition) is 14. The lowest BCUT2D eigenvalue weighted by Gasteiger charge is -2.42. The van der Waals surface area contributed by atoms with Crippen LogP contribution in [0.4, 0.5) is 10.5 Å². The molecule has 5 heterocycles. The number of anilines is 1. The number of epoxide rings is 1. The van der Waals surface area contributed by atoms with Crippen molar-refractivity contribution in [2.24, 2.45) is 11.8 Å². The molecule has 4 bridgehead atoms. The van der Waals surface area contributed by atoms with Crippen LogP contribution < -0.4 is 15.0 Å². The summed E-state index contributed by atoms with van der Waals surface area (Å²) in [5, 5.41) is 24.5. The van der Waals surface area contributed by atoms with Gasteiger partial charge in [0.1, 0.15) is 40.7 Å². The van der Waals surface area contributed by atoms with E-state index < -0.39 is 65.7 Å². The highest BCUT2D eigenvalue weighted by Gasteiger charge is 2.64. The number of esters is 1. The molecule has 3 saturated heterocycles. The largest absolute Gasteiger partial charge is 0.495 e. The fraction of sp³-hybridized carbons (Fsp3) is 0.638. The number of nitrogens with zero attached hydrogens (tertiary/aromatic N) is 6. The van der Waals surface area contributed by atoms with Crippen molar-refractivity contribution in [3.8, 4) is 5.75 Å². The highest BCUT2D eigenvalue weighted by molar-refractivity contribution is 9.09. The van der Waals surface area contributed by atoms with Gasteiger partial charge >= 0.3 is 12.1 Å². The van der Waals surface area contributed by atoms with Gasteiger partial charge < -0.3 is 43.5 Å². The molecule has 2 N–H and O–H groups in total. The molecular formula is C47H64Br2ClN7O11S. The molecule has 8 atom stereocenters. The summed E-state index contributed by atoms with van der Waals surface area (Å²) in [5.41, 5.74) is 0.921. The maximum atomic E-state index is 14.3. The van der Waals surface area contributed by atoms with E-state index in [1.54, 1.807) is 52.1 Å². The topological polar surface area (TPSA) is 207 Å². The number of ether oxygens (including phenoxy) is 5. The van der Waals surface area contributed by atoms with Gasteiger partial charge in [-0.05, 0) is 63.6 Å². The molecule has 69 heavy (non-hydrogen) atoms. The smallest absolute Gasteiger partial charge is 0.409 e. The minimum Gasteiger partial charge on any atom is -0.495 e. The fourth-order valence-electron chi connectivity index (χ4n) is 9.18. The Kier molecular flexibility index (Phi) is 18.7. The predicted octanol–water partition coefficient (Wildman–Crippen LogP) is 5.96. The summed E-state index contributed by atoms with van der Waals surface area (Å²) in [6, 6.07) is 2.51. The zero-order chi connectivity index (χ0) is 50.4. The number of alkyl halides is 2. The van der Waals surface area contributed by atoms with Gasteiger partial charge in [-0.15, -0.1) is 5.10 Å². The number of nitrogens with one attached hydrogen (secondary N) is 1. The number of likely N-dealkylation sites (N-methyl/N-ethyl adjacent to an activating group) is 1. The van der Waals surface area contributed by atoms with Crippen molar-refractivity contribution in [3.05, 3.63) is 57.9 Å². The molecule has 22 heteroatoms. The minimum absolute atomic E-state index is 0.0191. The number of carbonyl (C=O) groups is 5. The lowest BCUT2D eigenvalue weighted by Crippen LogP contribution is -2.63. The predicted molar refractivity (Wildman–Crippen MR) is 267 cm³/mol. The molecule has 2 aromatic rings. The van der Waals surface area contributed by atoms with Gasteiger partial charge in [-0.25, -0.2) is 14.3 Å². The van der Waals surface area contributed by atoms with Crippen LogP contribution >= 0.6 is 55.2 Å². The van der Waals surface area contributed by atoms with Crippen LogP contribution in [-0.2, 0) is 61.8 Å². The molecule has 6 rings (SSSR count). The van der Waals surface area contributed by atoms with Gasteiger partial charge in [0.2, 0.25) is 17.7 Å². The summed E-state index contributed by atoms with van der Waals surface area (Å²) in [5.74, 6) is -0.766. The molecule has 4 amide bonds. The van der Waals surface area contributed by atoms with Crippen LogP contribution in [0.5, 0.6) is 5.75 Å². The van der Waals surface area contributed by atoms with Gasteiger partial charge in [0.15, 0.2) is 5.72 Å². The van der Waals surface area contributed by atoms with E-state index in [2.05, 4.69) is 47.5 Å². The Hall–Kier alpha value is -3.73. The number of fused-ring (bicyclic) bond motifs is 5. The molecule has 0 radical (unpaired) electrons. The average molecular weight is 1130 g/mol. The Bertz CT molecular complexity index is 2280. The fourth-order valence-corrected chi connectivity index (χ4v) is 11.4. The molecular weight excluding hydrogens is 1070 g/mol. The number of likely N-dealkylation sites (tertiary alicyclic amines) is 1. The Morgan fingerprint density at radius 3 is 2.55 bits per heavy atom. The van der Waals surface area contributed by atoms with Crippen molar-refractivity contribution in [2.75, 3.05) is 57.8 Å². The monoisotopic (exact) mass is 1130 g/mol. The van der Waals surface area contributed by atoms with E-state index in [1.807, 2.05) is 22.6 Å². The lowest BCUT2D eigenvalue weighted by atomic mass is 9.83. The number of carbonyl (C=O) groups excluding carboxylic acids is 5. The highest BCUT2D eigenvalue weighted by atomic mass is 79.9. The Morgan fingerprint density at radius 1 is 1.16 bits per heavy atom. The molecule has 1 aromatic carbocycles. The summed E-state index contributed by atoms with van der Waals surface area (Å²) in [6.45, 7) is 9.01. The van der Waals surface area contributed by atoms with Crippen molar-refractivity contribution in [1.82, 2.24) is 30.1 Å². The van der Waals surface area contributed by atoms with Gasteiger partial charge in [0.05, 0.1) is 42.5 Å². The maximum Gasteiger partial charge on any atom is 0.409 e. The number of allylic oxidation sites excluding steroid dienone is 3. The quantitative estimate of drug-likeness (QED) is 0.0970. The molecule has 0 spiro atoms. The number of alkyl carbamates (subject to hydrolysis) is 1. The molecule has 4 aliphatic rings. The third-order valence-corrected chi connectivity index (χ3v) is 16.2. The second kappa shape index (κ2) is 23.7. The standard InChI is InChI=1S/C47H64Br2ClN7O11S/c1-27-10-9-11-37(65-8)47(63)22-36(66-45(62)51-47)28(2)43-46(4,68-43)38(21-40(59)55(6)33-19-31(18-27)20-35(64-7)42(33)50)67-44(61)29(3)54(5)39(58)14-17-69-26-41(60)56-15-12-30(13-16-56)25-57-34(24-49)32(23-48)52-53-57/h9-11,19-20,28-30,36-38,43,63H,12-18,21-26H2,1-8H3,(H,51,62)/b11-9+,27-10+/t28-,29+,36+,37-,38+,43+,46+,47+/m1/s1. The second-order valence-corrected chi connectivity index (χ2v) is 21.1. The van der Waals surface area contributed by atoms with Gasteiger partial charge in [0, 0.05) is 76.0 Å². The zero-order valence-corrected chi connectivity index (χ0v) is 45.1. The van der Waals surface area contributed by atoms with Gasteiger partial charge in [0.25, 0.3) is 0 Å². The van der Waals surface area contributed by atoms with E-state index in [-0.39, 0.29) is 41.9 Å². The van der Waals surface area contributed by atoms with E-state index in [1.165, 1.54) is 42.8 Å². The van der Waals surface area contributed by atoms with Crippen molar-refractivity contribution < 1.29 is 52.8 Å². The third kappa shape index (κ3) is 12.8. The molecule has 1 aromatic heterocycles. The number of aromatic nitrogens is 3. The van der Waals surface area contributed by atoms with Crippen LogP contribution in [0.2, 0.25) is 5.02 Å².